The van der Waals surface area contributed by atoms with Crippen LogP contribution >= 0.6 is 11.8 Å². The maximum absolute atomic E-state index is 10.4. The first-order valence-corrected chi connectivity index (χ1v) is 12.1. The minimum absolute atomic E-state index is 0.238. The minimum atomic E-state index is -0.238. The first-order valence-electron chi connectivity index (χ1n) is 11.1. The monoisotopic (exact) mass is 454 g/mol. The van der Waals surface area contributed by atoms with Gasteiger partial charge in [0.25, 0.3) is 0 Å². The van der Waals surface area contributed by atoms with Crippen LogP contribution < -0.4 is 15.2 Å². The van der Waals surface area contributed by atoms with Gasteiger partial charge >= 0.3 is 0 Å². The Kier molecular flexibility index (Phi) is 12.2. The van der Waals surface area contributed by atoms with Gasteiger partial charge in [-0.3, -0.25) is 4.79 Å². The molecule has 1 saturated heterocycles. The lowest BCUT2D eigenvalue weighted by Gasteiger charge is -2.19. The molecule has 0 unspecified atom stereocenters. The summed E-state index contributed by atoms with van der Waals surface area (Å²) in [4.78, 5) is 14.1. The lowest BCUT2D eigenvalue weighted by molar-refractivity contribution is -0.117. The molecule has 6 heteroatoms. The van der Waals surface area contributed by atoms with Crippen molar-refractivity contribution in [1.29, 1.82) is 0 Å². The van der Waals surface area contributed by atoms with E-state index in [1.54, 1.807) is 11.8 Å². The maximum Gasteiger partial charge on any atom is 0.218 e. The van der Waals surface area contributed by atoms with Crippen molar-refractivity contribution in [3.8, 4) is 24.3 Å². The number of hydrogen-bond acceptors (Lipinski definition) is 5. The molecule has 5 nitrogen and oxygen atoms in total. The second-order valence-corrected chi connectivity index (χ2v) is 8.68. The average Bonchev–Trinajstić information content (AvgIpc) is 3.35. The number of nitrogens with zero attached hydrogens (tertiary/aromatic N) is 1. The van der Waals surface area contributed by atoms with Gasteiger partial charge in [0.05, 0.1) is 0 Å². The van der Waals surface area contributed by atoms with Crippen LogP contribution in [0.3, 0.4) is 0 Å². The number of nitrogens with two attached hydrogens (primary N) is 1. The van der Waals surface area contributed by atoms with Gasteiger partial charge in [-0.1, -0.05) is 24.3 Å². The van der Waals surface area contributed by atoms with E-state index in [9.17, 15) is 4.79 Å². The van der Waals surface area contributed by atoms with Crippen LogP contribution in [0.15, 0.2) is 53.4 Å². The highest BCUT2D eigenvalue weighted by Crippen LogP contribution is 2.31. The number of primary amides is 1. The summed E-state index contributed by atoms with van der Waals surface area (Å²) < 4.78 is 11.1. The van der Waals surface area contributed by atoms with E-state index in [4.69, 9.17) is 15.2 Å². The number of aryl methyl sites for hydroxylation is 1. The third kappa shape index (κ3) is 9.67. The predicted octanol–water partition coefficient (Wildman–Crippen LogP) is 4.39. The number of amides is 1. The van der Waals surface area contributed by atoms with E-state index >= 15 is 0 Å². The molecule has 0 atom stereocenters. The summed E-state index contributed by atoms with van der Waals surface area (Å²) in [5.41, 5.74) is 6.36. The van der Waals surface area contributed by atoms with Gasteiger partial charge in [0.2, 0.25) is 5.91 Å². The van der Waals surface area contributed by atoms with Crippen LogP contribution in [-0.4, -0.2) is 49.4 Å². The van der Waals surface area contributed by atoms with Crippen molar-refractivity contribution in [3.05, 3.63) is 54.1 Å². The fraction of sp³-hybridized carbons (Fsp3) is 0.423. The van der Waals surface area contributed by atoms with E-state index in [-0.39, 0.29) is 5.91 Å². The lowest BCUT2D eigenvalue weighted by Crippen LogP contribution is -2.20. The molecule has 4 rings (SSSR count). The number of thioether (sulfide) groups is 1. The van der Waals surface area contributed by atoms with Crippen LogP contribution in [0.25, 0.3) is 0 Å². The van der Waals surface area contributed by atoms with Crippen molar-refractivity contribution in [2.45, 2.75) is 37.0 Å². The molecule has 0 bridgehead atoms. The largest absolute Gasteiger partial charge is 0.486 e. The average molecular weight is 455 g/mol. The summed E-state index contributed by atoms with van der Waals surface area (Å²) in [6, 6.07) is 16.3. The van der Waals surface area contributed by atoms with Crippen LogP contribution in [0.1, 0.15) is 31.2 Å². The first kappa shape index (κ1) is 25.6. The molecule has 2 aromatic carbocycles. The van der Waals surface area contributed by atoms with Crippen LogP contribution in [0.2, 0.25) is 0 Å². The fourth-order valence-electron chi connectivity index (χ4n) is 3.54. The van der Waals surface area contributed by atoms with Crippen LogP contribution in [-0.2, 0) is 11.2 Å². The van der Waals surface area contributed by atoms with Gasteiger partial charge in [0.15, 0.2) is 11.5 Å². The zero-order valence-corrected chi connectivity index (χ0v) is 19.5. The quantitative estimate of drug-likeness (QED) is 0.473. The number of terminal acetylenes is 1. The molecule has 0 radical (unpaired) electrons. The number of likely N-dealkylation sites (tertiary alicyclic amines) is 1. The zero-order chi connectivity index (χ0) is 23.0. The van der Waals surface area contributed by atoms with E-state index in [0.29, 0.717) is 19.6 Å². The lowest BCUT2D eigenvalue weighted by atomic mass is 10.1. The molecular weight excluding hydrogens is 420 g/mol. The minimum Gasteiger partial charge on any atom is -0.486 e. The second-order valence-electron chi connectivity index (χ2n) is 7.51. The highest BCUT2D eigenvalue weighted by Gasteiger charge is 2.13. The number of carbonyl (C=O) groups is 1. The highest BCUT2D eigenvalue weighted by atomic mass is 32.2. The smallest absolute Gasteiger partial charge is 0.218 e. The van der Waals surface area contributed by atoms with Gasteiger partial charge in [0, 0.05) is 17.1 Å². The molecule has 0 aromatic heterocycles. The van der Waals surface area contributed by atoms with E-state index in [1.165, 1.54) is 49.4 Å². The SMILES string of the molecule is C#C.NC(=O)CCSc1ccccc1.c1cc2c(cc1CCCN1CCCC1)OCCO2. The van der Waals surface area contributed by atoms with Crippen LogP contribution in [0.5, 0.6) is 11.5 Å². The molecule has 1 amide bonds. The number of carbonyl (C=O) groups excluding carboxylic acids is 1. The molecular formula is C26H34N2O3S. The molecule has 2 aromatic rings. The number of rotatable bonds is 8. The Morgan fingerprint density at radius 3 is 2.38 bits per heavy atom. The van der Waals surface area contributed by atoms with Gasteiger partial charge in [-0.25, -0.2) is 0 Å². The van der Waals surface area contributed by atoms with Crippen molar-refractivity contribution >= 4 is 17.7 Å². The molecule has 172 valence electrons. The van der Waals surface area contributed by atoms with Gasteiger partial charge in [-0.2, -0.15) is 0 Å². The topological polar surface area (TPSA) is 64.8 Å². The maximum atomic E-state index is 10.4. The normalized spacial score (nSPS) is 14.4. The van der Waals surface area contributed by atoms with Crippen molar-refractivity contribution in [1.82, 2.24) is 4.90 Å². The van der Waals surface area contributed by atoms with Gasteiger partial charge < -0.3 is 20.1 Å². The van der Waals surface area contributed by atoms with E-state index in [1.807, 2.05) is 36.4 Å². The number of fused-ring (bicyclic) bond motifs is 1. The third-order valence-corrected chi connectivity index (χ3v) is 6.12. The molecule has 2 aliphatic rings. The fourth-order valence-corrected chi connectivity index (χ4v) is 4.43. The molecule has 1 fully saturated rings. The third-order valence-electron chi connectivity index (χ3n) is 5.11. The summed E-state index contributed by atoms with van der Waals surface area (Å²) in [5.74, 6) is 2.34. The summed E-state index contributed by atoms with van der Waals surface area (Å²) in [6.07, 6.45) is 13.6. The van der Waals surface area contributed by atoms with Crippen molar-refractivity contribution in [2.75, 3.05) is 38.6 Å². The molecule has 2 heterocycles. The van der Waals surface area contributed by atoms with Crippen LogP contribution in [0.4, 0.5) is 0 Å². The van der Waals surface area contributed by atoms with Gasteiger partial charge in [0.1, 0.15) is 13.2 Å². The van der Waals surface area contributed by atoms with Crippen molar-refractivity contribution in [3.63, 3.8) is 0 Å². The summed E-state index contributed by atoms with van der Waals surface area (Å²) >= 11 is 1.65. The van der Waals surface area contributed by atoms with Crippen molar-refractivity contribution in [2.24, 2.45) is 5.73 Å². The van der Waals surface area contributed by atoms with E-state index < -0.39 is 0 Å². The molecule has 0 saturated carbocycles. The molecule has 32 heavy (non-hydrogen) atoms. The molecule has 2 N–H and O–H groups in total. The predicted molar refractivity (Wildman–Crippen MR) is 132 cm³/mol. The molecule has 0 spiro atoms. The van der Waals surface area contributed by atoms with Crippen molar-refractivity contribution < 1.29 is 14.3 Å². The summed E-state index contributed by atoms with van der Waals surface area (Å²) in [6.45, 7) is 5.16. The first-order chi connectivity index (χ1) is 15.7. The molecule has 2 aliphatic heterocycles. The second kappa shape index (κ2) is 15.2. The van der Waals surface area contributed by atoms with E-state index in [0.717, 1.165) is 23.7 Å². The standard InChI is InChI=1S/C15H21NO2.C9H11NOS.C2H2/c1-2-8-16(7-1)9-3-4-13-5-6-14-15(12-13)18-11-10-17-14;10-9(11)6-7-12-8-4-2-1-3-5-8;1-2/h5-6,12H,1-4,7-11H2;1-5H,6-7H2,(H2,10,11);1-2H. The zero-order valence-electron chi connectivity index (χ0n) is 18.7. The highest BCUT2D eigenvalue weighted by molar-refractivity contribution is 7.99. The Bertz CT molecular complexity index is 820. The number of hydrogen-bond donors (Lipinski definition) is 1. The Hall–Kier alpha value is -2.62. The Morgan fingerprint density at radius 1 is 1.00 bits per heavy atom. The summed E-state index contributed by atoms with van der Waals surface area (Å²) in [7, 11) is 0. The summed E-state index contributed by atoms with van der Waals surface area (Å²) in [5, 5.41) is 0. The Balaban J connectivity index is 0.000000227. The van der Waals surface area contributed by atoms with Gasteiger partial charge in [-0.15, -0.1) is 24.6 Å². The van der Waals surface area contributed by atoms with Crippen LogP contribution in [0, 0.1) is 12.8 Å². The molecule has 0 aliphatic carbocycles. The Morgan fingerprint density at radius 2 is 1.69 bits per heavy atom. The van der Waals surface area contributed by atoms with E-state index in [2.05, 4.69) is 29.9 Å². The van der Waals surface area contributed by atoms with Gasteiger partial charge in [-0.05, 0) is 75.1 Å². The Labute approximate surface area is 196 Å². The number of benzene rings is 2. The number of ether oxygens (including phenoxy) is 2.